The summed E-state index contributed by atoms with van der Waals surface area (Å²) in [5.41, 5.74) is 7.12. The van der Waals surface area contributed by atoms with E-state index in [-0.39, 0.29) is 5.41 Å². The SMILES string of the molecule is CC(C)(C)c1ccnc(-n2c3cc(Oc4cc(Br)cc(-c5ccccc5)c4)ccc3c3oc4ccccc4c32)c1. The fraction of sp³-hybridized carbons (Fsp3) is 0.114. The number of halogens is 1. The van der Waals surface area contributed by atoms with Gasteiger partial charge in [0.25, 0.3) is 0 Å². The van der Waals surface area contributed by atoms with Crippen molar-refractivity contribution in [2.75, 3.05) is 0 Å². The molecule has 3 aromatic heterocycles. The summed E-state index contributed by atoms with van der Waals surface area (Å²) in [6.07, 6.45) is 1.89. The number of hydrogen-bond donors (Lipinski definition) is 0. The third-order valence-corrected chi connectivity index (χ3v) is 7.76. The van der Waals surface area contributed by atoms with Crippen LogP contribution in [0.1, 0.15) is 26.3 Å². The van der Waals surface area contributed by atoms with Crippen molar-refractivity contribution in [1.82, 2.24) is 9.55 Å². The highest BCUT2D eigenvalue weighted by Gasteiger charge is 2.22. The monoisotopic (exact) mass is 586 g/mol. The molecule has 7 rings (SSSR count). The van der Waals surface area contributed by atoms with Crippen molar-refractivity contribution in [3.63, 3.8) is 0 Å². The summed E-state index contributed by atoms with van der Waals surface area (Å²) >= 11 is 3.66. The quantitative estimate of drug-likeness (QED) is 0.206. The van der Waals surface area contributed by atoms with Gasteiger partial charge in [-0.3, -0.25) is 4.57 Å². The van der Waals surface area contributed by atoms with Gasteiger partial charge in [-0.15, -0.1) is 0 Å². The minimum atomic E-state index is -0.0103. The molecular formula is C35H27BrN2O2. The van der Waals surface area contributed by atoms with E-state index in [0.29, 0.717) is 0 Å². The predicted octanol–water partition coefficient (Wildman–Crippen LogP) is 10.4. The lowest BCUT2D eigenvalue weighted by Gasteiger charge is -2.20. The summed E-state index contributed by atoms with van der Waals surface area (Å²) in [6.45, 7) is 6.66. The van der Waals surface area contributed by atoms with Crippen LogP contribution in [0.5, 0.6) is 11.5 Å². The third kappa shape index (κ3) is 4.27. The standard InChI is InChI=1S/C35H27BrN2O2/c1-35(2,3)24-15-16-37-32(19-24)38-30-21-26(13-14-28(30)34-33(38)29-11-7-8-12-31(29)40-34)39-27-18-23(17-25(36)20-27)22-9-5-4-6-10-22/h4-21H,1-3H3. The number of aromatic nitrogens is 2. The van der Waals surface area contributed by atoms with Crippen molar-refractivity contribution in [3.8, 4) is 28.4 Å². The number of furan rings is 1. The summed E-state index contributed by atoms with van der Waals surface area (Å²) in [5.74, 6) is 2.35. The van der Waals surface area contributed by atoms with Crippen LogP contribution in [-0.2, 0) is 5.41 Å². The van der Waals surface area contributed by atoms with E-state index in [1.807, 2.05) is 54.7 Å². The summed E-state index contributed by atoms with van der Waals surface area (Å²) in [4.78, 5) is 4.83. The number of fused-ring (bicyclic) bond motifs is 5. The first-order valence-corrected chi connectivity index (χ1v) is 14.1. The van der Waals surface area contributed by atoms with Gasteiger partial charge in [0.05, 0.1) is 5.52 Å². The molecule has 5 heteroatoms. The largest absolute Gasteiger partial charge is 0.457 e. The summed E-state index contributed by atoms with van der Waals surface area (Å²) < 4.78 is 16.0. The molecule has 4 nitrogen and oxygen atoms in total. The molecule has 0 aliphatic carbocycles. The van der Waals surface area contributed by atoms with Crippen LogP contribution in [0.2, 0.25) is 0 Å². The molecule has 0 N–H and O–H groups in total. The molecule has 0 amide bonds. The van der Waals surface area contributed by atoms with Gasteiger partial charge in [0.1, 0.15) is 28.4 Å². The Morgan fingerprint density at radius 2 is 1.55 bits per heavy atom. The Morgan fingerprint density at radius 1 is 0.750 bits per heavy atom. The Morgan fingerprint density at radius 3 is 2.38 bits per heavy atom. The van der Waals surface area contributed by atoms with E-state index in [1.54, 1.807) is 0 Å². The third-order valence-electron chi connectivity index (χ3n) is 7.30. The molecule has 196 valence electrons. The van der Waals surface area contributed by atoms with Gasteiger partial charge in [0, 0.05) is 27.5 Å². The molecule has 0 saturated heterocycles. The second kappa shape index (κ2) is 9.39. The topological polar surface area (TPSA) is 40.2 Å². The molecule has 0 atom stereocenters. The van der Waals surface area contributed by atoms with Crippen LogP contribution in [0, 0.1) is 0 Å². The molecule has 0 radical (unpaired) electrons. The molecule has 0 aliphatic rings. The molecule has 0 saturated carbocycles. The van der Waals surface area contributed by atoms with Gasteiger partial charge in [-0.05, 0) is 76.7 Å². The number of para-hydroxylation sites is 1. The summed E-state index contributed by atoms with van der Waals surface area (Å²) in [5, 5.41) is 2.07. The second-order valence-electron chi connectivity index (χ2n) is 11.1. The molecule has 0 spiro atoms. The molecule has 4 aromatic carbocycles. The van der Waals surface area contributed by atoms with Crippen LogP contribution < -0.4 is 4.74 Å². The Balaban J connectivity index is 1.41. The number of hydrogen-bond acceptors (Lipinski definition) is 3. The highest BCUT2D eigenvalue weighted by Crippen LogP contribution is 2.41. The molecule has 40 heavy (non-hydrogen) atoms. The van der Waals surface area contributed by atoms with Crippen LogP contribution >= 0.6 is 15.9 Å². The first kappa shape index (κ1) is 24.7. The van der Waals surface area contributed by atoms with Crippen molar-refractivity contribution in [2.45, 2.75) is 26.2 Å². The minimum Gasteiger partial charge on any atom is -0.457 e. The van der Waals surface area contributed by atoms with Gasteiger partial charge in [-0.25, -0.2) is 4.98 Å². The maximum atomic E-state index is 6.46. The van der Waals surface area contributed by atoms with Crippen molar-refractivity contribution in [1.29, 1.82) is 0 Å². The fourth-order valence-electron chi connectivity index (χ4n) is 5.31. The second-order valence-corrected chi connectivity index (χ2v) is 12.0. The molecule has 3 heterocycles. The van der Waals surface area contributed by atoms with Crippen LogP contribution in [0.3, 0.4) is 0 Å². The van der Waals surface area contributed by atoms with Crippen molar-refractivity contribution >= 4 is 48.9 Å². The van der Waals surface area contributed by atoms with E-state index in [1.165, 1.54) is 5.56 Å². The van der Waals surface area contributed by atoms with Crippen molar-refractivity contribution in [3.05, 3.63) is 119 Å². The molecule has 0 fully saturated rings. The first-order valence-electron chi connectivity index (χ1n) is 13.3. The van der Waals surface area contributed by atoms with Gasteiger partial charge in [0.15, 0.2) is 5.58 Å². The first-order chi connectivity index (χ1) is 19.3. The van der Waals surface area contributed by atoms with Crippen LogP contribution in [0.4, 0.5) is 0 Å². The summed E-state index contributed by atoms with van der Waals surface area (Å²) in [7, 11) is 0. The molecule has 0 bridgehead atoms. The van der Waals surface area contributed by atoms with Crippen molar-refractivity contribution < 1.29 is 9.15 Å². The Bertz CT molecular complexity index is 2030. The van der Waals surface area contributed by atoms with Gasteiger partial charge in [-0.1, -0.05) is 79.2 Å². The highest BCUT2D eigenvalue weighted by atomic mass is 79.9. The highest BCUT2D eigenvalue weighted by molar-refractivity contribution is 9.10. The maximum Gasteiger partial charge on any atom is 0.161 e. The smallest absolute Gasteiger partial charge is 0.161 e. The Kier molecular flexibility index (Phi) is 5.79. The van der Waals surface area contributed by atoms with E-state index in [4.69, 9.17) is 14.1 Å². The summed E-state index contributed by atoms with van der Waals surface area (Å²) in [6, 6.07) is 35.1. The zero-order valence-corrected chi connectivity index (χ0v) is 24.1. The molecule has 0 aliphatic heterocycles. The lowest BCUT2D eigenvalue weighted by atomic mass is 9.88. The number of rotatable bonds is 4. The fourth-order valence-corrected chi connectivity index (χ4v) is 5.78. The Hall–Kier alpha value is -4.35. The van der Waals surface area contributed by atoms with E-state index in [0.717, 1.165) is 65.9 Å². The van der Waals surface area contributed by atoms with Gasteiger partial charge in [-0.2, -0.15) is 0 Å². The average Bonchev–Trinajstić information content (AvgIpc) is 3.47. The zero-order chi connectivity index (χ0) is 27.4. The average molecular weight is 588 g/mol. The number of ether oxygens (including phenoxy) is 1. The van der Waals surface area contributed by atoms with Crippen LogP contribution in [0.15, 0.2) is 118 Å². The van der Waals surface area contributed by atoms with Gasteiger partial charge in [0.2, 0.25) is 0 Å². The zero-order valence-electron chi connectivity index (χ0n) is 22.5. The van der Waals surface area contributed by atoms with E-state index in [9.17, 15) is 0 Å². The molecule has 0 unspecified atom stereocenters. The number of benzene rings is 4. The predicted molar refractivity (Wildman–Crippen MR) is 167 cm³/mol. The lowest BCUT2D eigenvalue weighted by molar-refractivity contribution is 0.483. The van der Waals surface area contributed by atoms with E-state index in [2.05, 4.69) is 95.9 Å². The van der Waals surface area contributed by atoms with Crippen LogP contribution in [-0.4, -0.2) is 9.55 Å². The minimum absolute atomic E-state index is 0.0103. The van der Waals surface area contributed by atoms with Crippen LogP contribution in [0.25, 0.3) is 49.9 Å². The number of pyridine rings is 1. The number of nitrogens with zero attached hydrogens (tertiary/aromatic N) is 2. The Labute approximate surface area is 241 Å². The van der Waals surface area contributed by atoms with E-state index >= 15 is 0 Å². The van der Waals surface area contributed by atoms with Gasteiger partial charge < -0.3 is 9.15 Å². The molecular weight excluding hydrogens is 560 g/mol. The maximum absolute atomic E-state index is 6.46. The lowest BCUT2D eigenvalue weighted by Crippen LogP contribution is -2.12. The van der Waals surface area contributed by atoms with E-state index < -0.39 is 0 Å². The van der Waals surface area contributed by atoms with Gasteiger partial charge >= 0.3 is 0 Å². The molecule has 7 aromatic rings. The normalized spacial score (nSPS) is 12.0. The van der Waals surface area contributed by atoms with Crippen molar-refractivity contribution in [2.24, 2.45) is 0 Å².